The van der Waals surface area contributed by atoms with Crippen LogP contribution < -0.4 is 5.32 Å². The van der Waals surface area contributed by atoms with Crippen LogP contribution in [-0.2, 0) is 0 Å². The zero-order valence-electron chi connectivity index (χ0n) is 12.2. The van der Waals surface area contributed by atoms with Crippen molar-refractivity contribution in [3.8, 4) is 11.3 Å². The second-order valence-electron chi connectivity index (χ2n) is 5.11. The molecule has 2 aromatic carbocycles. The van der Waals surface area contributed by atoms with Gasteiger partial charge in [-0.05, 0) is 31.2 Å². The normalized spacial score (nSPS) is 10.6. The molecular formula is C17H13Cl2N3O. The molecule has 0 bridgehead atoms. The molecular weight excluding hydrogens is 333 g/mol. The zero-order valence-corrected chi connectivity index (χ0v) is 13.7. The largest absolute Gasteiger partial charge is 0.319 e. The summed E-state index contributed by atoms with van der Waals surface area (Å²) in [6.45, 7) is 2.02. The fourth-order valence-electron chi connectivity index (χ4n) is 2.09. The second kappa shape index (κ2) is 6.44. The minimum Gasteiger partial charge on any atom is -0.319 e. The van der Waals surface area contributed by atoms with E-state index in [1.54, 1.807) is 24.3 Å². The number of carbonyl (C=O) groups is 1. The molecule has 1 amide bonds. The Bertz CT molecular complexity index is 857. The number of H-pyrrole nitrogens is 1. The van der Waals surface area contributed by atoms with E-state index in [0.717, 1.165) is 11.1 Å². The van der Waals surface area contributed by atoms with Crippen LogP contribution in [0, 0.1) is 6.92 Å². The van der Waals surface area contributed by atoms with E-state index in [2.05, 4.69) is 15.5 Å². The van der Waals surface area contributed by atoms with Crippen LogP contribution in [0.1, 0.15) is 16.1 Å². The van der Waals surface area contributed by atoms with Gasteiger partial charge in [0.15, 0.2) is 0 Å². The molecule has 0 atom stereocenters. The highest BCUT2D eigenvalue weighted by Gasteiger charge is 2.13. The third-order valence-electron chi connectivity index (χ3n) is 3.35. The maximum absolute atomic E-state index is 12.3. The molecule has 0 aliphatic heterocycles. The number of halogens is 2. The first-order valence-electron chi connectivity index (χ1n) is 6.92. The predicted octanol–water partition coefficient (Wildman–Crippen LogP) is 4.94. The Kier molecular flexibility index (Phi) is 4.37. The number of carbonyl (C=O) groups excluding carboxylic acids is 1. The van der Waals surface area contributed by atoms with Crippen LogP contribution >= 0.6 is 23.2 Å². The molecule has 3 rings (SSSR count). The van der Waals surface area contributed by atoms with E-state index in [9.17, 15) is 4.79 Å². The summed E-state index contributed by atoms with van der Waals surface area (Å²) in [4.78, 5) is 12.3. The molecule has 4 nitrogen and oxygen atoms in total. The molecule has 0 fully saturated rings. The average Bonchev–Trinajstić information content (AvgIpc) is 3.02. The number of benzene rings is 2. The molecule has 1 aromatic heterocycles. The lowest BCUT2D eigenvalue weighted by molar-refractivity contribution is 0.102. The highest BCUT2D eigenvalue weighted by molar-refractivity contribution is 6.35. The minimum absolute atomic E-state index is 0.333. The van der Waals surface area contributed by atoms with Crippen LogP contribution in [-0.4, -0.2) is 16.1 Å². The number of aromatic amines is 1. The average molecular weight is 346 g/mol. The van der Waals surface area contributed by atoms with Crippen LogP contribution in [0.25, 0.3) is 11.3 Å². The number of aryl methyl sites for hydroxylation is 1. The van der Waals surface area contributed by atoms with Gasteiger partial charge in [-0.3, -0.25) is 9.89 Å². The van der Waals surface area contributed by atoms with Crippen LogP contribution in [0.4, 0.5) is 5.69 Å². The van der Waals surface area contributed by atoms with Gasteiger partial charge in [0.05, 0.1) is 16.4 Å². The summed E-state index contributed by atoms with van der Waals surface area (Å²) in [5, 5.41) is 10.5. The lowest BCUT2D eigenvalue weighted by Crippen LogP contribution is -2.12. The van der Waals surface area contributed by atoms with Crippen molar-refractivity contribution in [3.63, 3.8) is 0 Å². The Hall–Kier alpha value is -2.30. The third kappa shape index (κ3) is 3.55. The van der Waals surface area contributed by atoms with Crippen molar-refractivity contribution in [2.75, 3.05) is 5.32 Å². The summed E-state index contributed by atoms with van der Waals surface area (Å²) in [7, 11) is 0. The highest BCUT2D eigenvalue weighted by Crippen LogP contribution is 2.26. The van der Waals surface area contributed by atoms with Crippen molar-refractivity contribution < 1.29 is 4.79 Å². The van der Waals surface area contributed by atoms with Crippen LogP contribution in [0.3, 0.4) is 0 Å². The monoisotopic (exact) mass is 345 g/mol. The maximum Gasteiger partial charge on any atom is 0.273 e. The quantitative estimate of drug-likeness (QED) is 0.705. The van der Waals surface area contributed by atoms with Gasteiger partial charge in [-0.1, -0.05) is 53.0 Å². The summed E-state index contributed by atoms with van der Waals surface area (Å²) in [5.74, 6) is -0.333. The van der Waals surface area contributed by atoms with E-state index in [1.807, 2.05) is 31.2 Å². The molecule has 3 aromatic rings. The molecule has 0 unspecified atom stereocenters. The molecule has 0 spiro atoms. The number of anilines is 1. The number of rotatable bonds is 3. The van der Waals surface area contributed by atoms with Gasteiger partial charge in [-0.15, -0.1) is 0 Å². The lowest BCUT2D eigenvalue weighted by Gasteiger charge is -2.06. The summed E-state index contributed by atoms with van der Waals surface area (Å²) >= 11 is 12.0. The summed E-state index contributed by atoms with van der Waals surface area (Å²) in [5.41, 5.74) is 3.60. The molecule has 1 heterocycles. The molecule has 6 heteroatoms. The van der Waals surface area contributed by atoms with Gasteiger partial charge < -0.3 is 5.32 Å². The topological polar surface area (TPSA) is 57.8 Å². The maximum atomic E-state index is 12.3. The Balaban J connectivity index is 1.81. The van der Waals surface area contributed by atoms with Crippen LogP contribution in [0.2, 0.25) is 10.0 Å². The van der Waals surface area contributed by atoms with E-state index in [4.69, 9.17) is 23.2 Å². The van der Waals surface area contributed by atoms with Crippen molar-refractivity contribution in [1.29, 1.82) is 0 Å². The summed E-state index contributed by atoms with van der Waals surface area (Å²) in [6.07, 6.45) is 0. The molecule has 2 N–H and O–H groups in total. The van der Waals surface area contributed by atoms with Crippen molar-refractivity contribution in [2.24, 2.45) is 0 Å². The molecule has 0 aliphatic rings. The molecule has 0 saturated carbocycles. The number of nitrogens with one attached hydrogen (secondary N) is 2. The van der Waals surface area contributed by atoms with Gasteiger partial charge in [-0.2, -0.15) is 5.10 Å². The molecule has 0 radical (unpaired) electrons. The van der Waals surface area contributed by atoms with Crippen molar-refractivity contribution in [2.45, 2.75) is 6.92 Å². The van der Waals surface area contributed by atoms with E-state index >= 15 is 0 Å². The molecule has 116 valence electrons. The fraction of sp³-hybridized carbons (Fsp3) is 0.0588. The van der Waals surface area contributed by atoms with E-state index in [0.29, 0.717) is 27.1 Å². The number of hydrogen-bond acceptors (Lipinski definition) is 2. The summed E-state index contributed by atoms with van der Waals surface area (Å²) in [6, 6.07) is 14.5. The Morgan fingerprint density at radius 1 is 1.09 bits per heavy atom. The Morgan fingerprint density at radius 2 is 1.83 bits per heavy atom. The van der Waals surface area contributed by atoms with E-state index < -0.39 is 0 Å². The Morgan fingerprint density at radius 3 is 2.57 bits per heavy atom. The van der Waals surface area contributed by atoms with Gasteiger partial charge in [0.2, 0.25) is 0 Å². The van der Waals surface area contributed by atoms with E-state index in [-0.39, 0.29) is 5.91 Å². The van der Waals surface area contributed by atoms with Gasteiger partial charge >= 0.3 is 0 Å². The van der Waals surface area contributed by atoms with Crippen molar-refractivity contribution in [1.82, 2.24) is 10.2 Å². The van der Waals surface area contributed by atoms with Crippen LogP contribution in [0.15, 0.2) is 48.5 Å². The van der Waals surface area contributed by atoms with Gasteiger partial charge in [0.1, 0.15) is 5.69 Å². The van der Waals surface area contributed by atoms with Gasteiger partial charge in [0.25, 0.3) is 5.91 Å². The smallest absolute Gasteiger partial charge is 0.273 e. The minimum atomic E-state index is -0.333. The molecule has 0 aliphatic carbocycles. The highest BCUT2D eigenvalue weighted by atomic mass is 35.5. The number of hydrogen-bond donors (Lipinski definition) is 2. The SMILES string of the molecule is Cc1ccc(-c2cc(C(=O)Nc3cc(Cl)ccc3Cl)[nH]n2)cc1. The standard InChI is InChI=1S/C17H13Cl2N3O/c1-10-2-4-11(5-3-10)14-9-16(22-21-14)17(23)20-15-8-12(18)6-7-13(15)19/h2-9H,1H3,(H,20,23)(H,21,22). The predicted molar refractivity (Wildman–Crippen MR) is 93.2 cm³/mol. The molecule has 0 saturated heterocycles. The van der Waals surface area contributed by atoms with Crippen molar-refractivity contribution in [3.05, 3.63) is 69.8 Å². The molecule has 23 heavy (non-hydrogen) atoms. The second-order valence-corrected chi connectivity index (χ2v) is 5.95. The lowest BCUT2D eigenvalue weighted by atomic mass is 10.1. The summed E-state index contributed by atoms with van der Waals surface area (Å²) < 4.78 is 0. The van der Waals surface area contributed by atoms with Gasteiger partial charge in [0, 0.05) is 10.6 Å². The Labute approximate surface area is 143 Å². The van der Waals surface area contributed by atoms with Crippen LogP contribution in [0.5, 0.6) is 0 Å². The van der Waals surface area contributed by atoms with E-state index in [1.165, 1.54) is 0 Å². The first kappa shape index (κ1) is 15.6. The first-order valence-corrected chi connectivity index (χ1v) is 7.67. The number of aromatic nitrogens is 2. The third-order valence-corrected chi connectivity index (χ3v) is 3.91. The number of nitrogens with zero attached hydrogens (tertiary/aromatic N) is 1. The number of amides is 1. The first-order chi connectivity index (χ1) is 11.0. The fourth-order valence-corrected chi connectivity index (χ4v) is 2.43. The van der Waals surface area contributed by atoms with Crippen molar-refractivity contribution >= 4 is 34.8 Å². The van der Waals surface area contributed by atoms with Gasteiger partial charge in [-0.25, -0.2) is 0 Å². The zero-order chi connectivity index (χ0) is 16.4.